The molecule has 0 spiro atoms. The molecule has 0 saturated carbocycles. The van der Waals surface area contributed by atoms with E-state index in [1.807, 2.05) is 0 Å². The van der Waals surface area contributed by atoms with Crippen molar-refractivity contribution in [2.75, 3.05) is 0 Å². The van der Waals surface area contributed by atoms with Gasteiger partial charge in [0.15, 0.2) is 0 Å². The molecule has 0 aromatic rings. The summed E-state index contributed by atoms with van der Waals surface area (Å²) >= 11 is 0. The maximum Gasteiger partial charge on any atom is 0.284 e. The molecule has 0 aromatic heterocycles. The van der Waals surface area contributed by atoms with E-state index in [1.54, 1.807) is 0 Å². The van der Waals surface area contributed by atoms with Crippen molar-refractivity contribution >= 4 is 40.3 Å². The van der Waals surface area contributed by atoms with Crippen LogP contribution >= 0.6 is 0 Å². The first-order chi connectivity index (χ1) is 10.4. The minimum absolute atomic E-state index is 0.260. The second-order valence-electron chi connectivity index (χ2n) is 5.88. The molecule has 0 radical (unpaired) electrons. The summed E-state index contributed by atoms with van der Waals surface area (Å²) in [6.45, 7) is 2.29. The van der Waals surface area contributed by atoms with Crippen molar-refractivity contribution in [3.05, 3.63) is 0 Å². The highest BCUT2D eigenvalue weighted by Gasteiger charge is 1.95. The minimum atomic E-state index is -0.641. The monoisotopic (exact) mass is 366 g/mol. The number of hydrogen-bond acceptors (Lipinski definition) is 3. The van der Waals surface area contributed by atoms with Crippen molar-refractivity contribution in [3.8, 4) is 0 Å². The maximum absolute atomic E-state index is 5.66. The average molecular weight is 367 g/mol. The Kier molecular flexibility index (Phi) is 21.5. The highest BCUT2D eigenvalue weighted by atomic mass is 28.4. The fraction of sp³-hybridized carbons (Fsp3) is 1.00. The van der Waals surface area contributed by atoms with Crippen LogP contribution in [0, 0.1) is 0 Å². The van der Waals surface area contributed by atoms with Gasteiger partial charge in [-0.25, -0.2) is 0 Å². The average Bonchev–Trinajstić information content (AvgIpc) is 2.50. The Hall–Kier alpha value is 0.748. The summed E-state index contributed by atoms with van der Waals surface area (Å²) < 4.78 is 16.2. The van der Waals surface area contributed by atoms with Gasteiger partial charge in [-0.3, -0.25) is 0 Å². The van der Waals surface area contributed by atoms with E-state index in [-0.39, 0.29) is 9.76 Å². The van der Waals surface area contributed by atoms with Gasteiger partial charge in [-0.15, -0.1) is 0 Å². The van der Waals surface area contributed by atoms with Crippen molar-refractivity contribution in [3.63, 3.8) is 0 Å². The summed E-state index contributed by atoms with van der Waals surface area (Å²) in [5.74, 6) is 0. The molecule has 0 aliphatic heterocycles. The van der Waals surface area contributed by atoms with Gasteiger partial charge >= 0.3 is 0 Å². The molecule has 128 valence electrons. The van der Waals surface area contributed by atoms with Gasteiger partial charge in [0.05, 0.1) is 0 Å². The van der Waals surface area contributed by atoms with E-state index in [4.69, 9.17) is 12.3 Å². The molecule has 0 aliphatic rings. The van der Waals surface area contributed by atoms with Crippen LogP contribution in [0.2, 0.25) is 6.04 Å². The smallest absolute Gasteiger partial charge is 0.284 e. The van der Waals surface area contributed by atoms with Crippen LogP contribution in [0.15, 0.2) is 0 Å². The molecule has 0 N–H and O–H groups in total. The molecule has 0 saturated heterocycles. The Labute approximate surface area is 142 Å². The molecule has 0 bridgehead atoms. The molecule has 7 heteroatoms. The van der Waals surface area contributed by atoms with Crippen LogP contribution in [-0.2, 0) is 12.3 Å². The standard InChI is InChI=1S/C14H38O3Si4/c1-2-3-4-5-6-7-8-9-10-11-12-13-14-19-16-21-17-20-15-18/h2-14,19-21H2,1,18H3. The third-order valence-corrected chi connectivity index (χ3v) is 8.65. The zero-order valence-electron chi connectivity index (χ0n) is 14.5. The van der Waals surface area contributed by atoms with Gasteiger partial charge in [0.2, 0.25) is 0 Å². The van der Waals surface area contributed by atoms with Gasteiger partial charge in [-0.2, -0.15) is 0 Å². The molecular weight excluding hydrogens is 328 g/mol. The molecular formula is C14H38O3Si4. The summed E-state index contributed by atoms with van der Waals surface area (Å²) in [7, 11) is -0.698. The Morgan fingerprint density at radius 2 is 1.19 bits per heavy atom. The predicted molar refractivity (Wildman–Crippen MR) is 105 cm³/mol. The molecule has 21 heavy (non-hydrogen) atoms. The van der Waals surface area contributed by atoms with Crippen molar-refractivity contribution in [2.45, 2.75) is 90.0 Å². The SMILES string of the molecule is CCCCCCCCCCCCCC[SiH2]O[SiH2]O[SiH2]O[SiH3]. The zero-order valence-corrected chi connectivity index (χ0v) is 20.8. The van der Waals surface area contributed by atoms with Crippen molar-refractivity contribution in [2.24, 2.45) is 0 Å². The molecule has 0 aliphatic carbocycles. The van der Waals surface area contributed by atoms with Crippen LogP contribution in [0.25, 0.3) is 0 Å². The molecule has 0 atom stereocenters. The second kappa shape index (κ2) is 20.7. The summed E-state index contributed by atoms with van der Waals surface area (Å²) in [6, 6.07) is 1.34. The Bertz CT molecular complexity index is 170. The fourth-order valence-electron chi connectivity index (χ4n) is 2.46. The molecule has 0 rings (SSSR count). The van der Waals surface area contributed by atoms with Crippen LogP contribution in [0.1, 0.15) is 84.0 Å². The Balaban J connectivity index is 2.90. The van der Waals surface area contributed by atoms with E-state index in [1.165, 1.54) is 83.1 Å². The highest BCUT2D eigenvalue weighted by Crippen LogP contribution is 2.12. The number of hydrogen-bond donors (Lipinski definition) is 0. The largest absolute Gasteiger partial charge is 0.449 e. The lowest BCUT2D eigenvalue weighted by atomic mass is 10.1. The molecule has 0 amide bonds. The van der Waals surface area contributed by atoms with Gasteiger partial charge in [0.25, 0.3) is 20.0 Å². The molecule has 0 unspecified atom stereocenters. The third kappa shape index (κ3) is 20.7. The highest BCUT2D eigenvalue weighted by molar-refractivity contribution is 6.44. The first kappa shape index (κ1) is 21.7. The van der Waals surface area contributed by atoms with Crippen LogP contribution in [0.3, 0.4) is 0 Å². The van der Waals surface area contributed by atoms with Crippen LogP contribution in [0.4, 0.5) is 0 Å². The van der Waals surface area contributed by atoms with E-state index in [0.717, 1.165) is 10.5 Å². The van der Waals surface area contributed by atoms with Crippen molar-refractivity contribution < 1.29 is 12.3 Å². The summed E-state index contributed by atoms with van der Waals surface area (Å²) in [6.07, 6.45) is 17.2. The van der Waals surface area contributed by atoms with Gasteiger partial charge in [0, 0.05) is 0 Å². The summed E-state index contributed by atoms with van der Waals surface area (Å²) in [4.78, 5) is 0. The molecule has 0 aromatic carbocycles. The number of rotatable bonds is 18. The molecule has 0 heterocycles. The van der Waals surface area contributed by atoms with Crippen LogP contribution < -0.4 is 0 Å². The van der Waals surface area contributed by atoms with E-state index in [2.05, 4.69) is 6.92 Å². The minimum Gasteiger partial charge on any atom is -0.449 e. The summed E-state index contributed by atoms with van der Waals surface area (Å²) in [5.41, 5.74) is 0. The van der Waals surface area contributed by atoms with Crippen molar-refractivity contribution in [1.82, 2.24) is 0 Å². The van der Waals surface area contributed by atoms with E-state index in [9.17, 15) is 0 Å². The lowest BCUT2D eigenvalue weighted by Crippen LogP contribution is -2.12. The van der Waals surface area contributed by atoms with Crippen LogP contribution in [0.5, 0.6) is 0 Å². The fourth-order valence-corrected chi connectivity index (χ4v) is 8.27. The zero-order chi connectivity index (χ0) is 15.4. The summed E-state index contributed by atoms with van der Waals surface area (Å²) in [5, 5.41) is 0. The van der Waals surface area contributed by atoms with Crippen molar-refractivity contribution in [1.29, 1.82) is 0 Å². The normalized spacial score (nSPS) is 13.0. The van der Waals surface area contributed by atoms with Gasteiger partial charge in [0.1, 0.15) is 20.2 Å². The van der Waals surface area contributed by atoms with Crippen LogP contribution in [-0.4, -0.2) is 40.3 Å². The predicted octanol–water partition coefficient (Wildman–Crippen LogP) is 1.52. The lowest BCUT2D eigenvalue weighted by molar-refractivity contribution is 0.437. The van der Waals surface area contributed by atoms with E-state index >= 15 is 0 Å². The van der Waals surface area contributed by atoms with Gasteiger partial charge in [-0.1, -0.05) is 84.0 Å². The third-order valence-electron chi connectivity index (χ3n) is 3.76. The lowest BCUT2D eigenvalue weighted by Gasteiger charge is -2.05. The molecule has 0 fully saturated rings. The number of unbranched alkanes of at least 4 members (excludes halogenated alkanes) is 11. The molecule has 3 nitrogen and oxygen atoms in total. The first-order valence-electron chi connectivity index (χ1n) is 9.06. The van der Waals surface area contributed by atoms with E-state index in [0.29, 0.717) is 0 Å². The quantitative estimate of drug-likeness (QED) is 0.272. The maximum atomic E-state index is 5.66. The first-order valence-corrected chi connectivity index (χ1v) is 13.8. The Morgan fingerprint density at radius 1 is 0.667 bits per heavy atom. The second-order valence-corrected chi connectivity index (χ2v) is 13.0. The van der Waals surface area contributed by atoms with E-state index < -0.39 is 20.0 Å². The topological polar surface area (TPSA) is 27.7 Å². The Morgan fingerprint density at radius 3 is 1.71 bits per heavy atom. The van der Waals surface area contributed by atoms with Gasteiger partial charge in [-0.05, 0) is 6.04 Å². The van der Waals surface area contributed by atoms with Gasteiger partial charge < -0.3 is 12.3 Å².